The maximum atomic E-state index is 12.4. The molecule has 0 aliphatic heterocycles. The first-order valence-corrected chi connectivity index (χ1v) is 6.55. The number of nitrogens with two attached hydrogens (primary N) is 1. The number of carbonyl (C=O) groups excluding carboxylic acids is 1. The molecule has 0 fully saturated rings. The summed E-state index contributed by atoms with van der Waals surface area (Å²) in [6, 6.07) is -1.24. The lowest BCUT2D eigenvalue weighted by atomic mass is 9.83. The van der Waals surface area contributed by atoms with Crippen LogP contribution in [-0.4, -0.2) is 76.9 Å². The summed E-state index contributed by atoms with van der Waals surface area (Å²) in [5.41, 5.74) is 3.59. The van der Waals surface area contributed by atoms with Crippen molar-refractivity contribution >= 4 is 17.7 Å². The highest BCUT2D eigenvalue weighted by Gasteiger charge is 2.46. The van der Waals surface area contributed by atoms with E-state index in [1.165, 1.54) is 6.92 Å². The largest absolute Gasteiger partial charge is 0.481 e. The minimum atomic E-state index is -2.13. The summed E-state index contributed by atoms with van der Waals surface area (Å²) in [5.74, 6) is -3.98. The number of aliphatic hydroxyl groups is 1. The van der Waals surface area contributed by atoms with E-state index in [1.54, 1.807) is 21.1 Å². The van der Waals surface area contributed by atoms with Gasteiger partial charge in [0, 0.05) is 6.42 Å². The monoisotopic (exact) mass is 305 g/mol. The van der Waals surface area contributed by atoms with E-state index in [9.17, 15) is 19.5 Å². The van der Waals surface area contributed by atoms with E-state index in [2.05, 4.69) is 0 Å². The Balaban J connectivity index is 5.28. The highest BCUT2D eigenvalue weighted by molar-refractivity contribution is 5.95. The summed E-state index contributed by atoms with van der Waals surface area (Å²) < 4.78 is 0.162. The molecule has 0 aliphatic rings. The fraction of sp³-hybridized carbons (Fsp3) is 0.769. The van der Waals surface area contributed by atoms with Crippen molar-refractivity contribution in [3.8, 4) is 0 Å². The Hall–Kier alpha value is -1.51. The number of aliphatic carboxylic acids is 2. The van der Waals surface area contributed by atoms with Crippen molar-refractivity contribution in [3.05, 3.63) is 0 Å². The quantitative estimate of drug-likeness (QED) is 0.397. The standard InChI is InChI=1S/C13H24N2O6/c1-8(5-9(16)17)11(14)12(20)13(21,6-10(18)19)7-15(2,3)4/h8,11,21H,5-7,14H2,1-4H3,(H-,16,17,18,19)/p+1/t8?,11-,13?/m0/s1. The predicted molar refractivity (Wildman–Crippen MR) is 74.5 cm³/mol. The molecule has 0 saturated heterocycles. The van der Waals surface area contributed by atoms with E-state index in [0.717, 1.165) is 0 Å². The van der Waals surface area contributed by atoms with E-state index < -0.39 is 41.7 Å². The van der Waals surface area contributed by atoms with Crippen LogP contribution in [0.2, 0.25) is 0 Å². The van der Waals surface area contributed by atoms with Gasteiger partial charge < -0.3 is 25.5 Å². The number of carbonyl (C=O) groups is 3. The molecule has 122 valence electrons. The molecule has 0 aliphatic carbocycles. The Labute approximate surface area is 123 Å². The predicted octanol–water partition coefficient (Wildman–Crippen LogP) is -1.09. The summed E-state index contributed by atoms with van der Waals surface area (Å²) in [7, 11) is 5.10. The van der Waals surface area contributed by atoms with Crippen molar-refractivity contribution in [3.63, 3.8) is 0 Å². The van der Waals surface area contributed by atoms with E-state index in [1.807, 2.05) is 0 Å². The fourth-order valence-corrected chi connectivity index (χ4v) is 2.23. The number of hydrogen-bond acceptors (Lipinski definition) is 5. The van der Waals surface area contributed by atoms with Crippen LogP contribution >= 0.6 is 0 Å². The number of rotatable bonds is 9. The zero-order chi connectivity index (χ0) is 17.0. The van der Waals surface area contributed by atoms with Crippen LogP contribution in [0.3, 0.4) is 0 Å². The number of carboxylic acid groups (broad SMARTS) is 2. The molecular weight excluding hydrogens is 280 g/mol. The minimum absolute atomic E-state index is 0.133. The molecule has 0 aromatic carbocycles. The van der Waals surface area contributed by atoms with E-state index in [0.29, 0.717) is 0 Å². The van der Waals surface area contributed by atoms with Gasteiger partial charge in [0.05, 0.1) is 33.6 Å². The second-order valence-corrected chi connectivity index (χ2v) is 6.52. The highest BCUT2D eigenvalue weighted by atomic mass is 16.4. The molecule has 5 N–H and O–H groups in total. The van der Waals surface area contributed by atoms with E-state index in [4.69, 9.17) is 15.9 Å². The van der Waals surface area contributed by atoms with Crippen LogP contribution in [0.5, 0.6) is 0 Å². The maximum Gasteiger partial charge on any atom is 0.306 e. The van der Waals surface area contributed by atoms with Gasteiger partial charge in [-0.2, -0.15) is 0 Å². The van der Waals surface area contributed by atoms with Gasteiger partial charge in [-0.3, -0.25) is 14.4 Å². The molecule has 8 nitrogen and oxygen atoms in total. The summed E-state index contributed by atoms with van der Waals surface area (Å²) in [5, 5.41) is 28.1. The normalized spacial score (nSPS) is 17.6. The van der Waals surface area contributed by atoms with Gasteiger partial charge in [0.1, 0.15) is 6.54 Å². The summed E-state index contributed by atoms with van der Waals surface area (Å²) in [4.78, 5) is 33.9. The second-order valence-electron chi connectivity index (χ2n) is 6.52. The molecule has 0 saturated carbocycles. The Kier molecular flexibility index (Phi) is 6.47. The van der Waals surface area contributed by atoms with Crippen LogP contribution in [0.4, 0.5) is 0 Å². The SMILES string of the molecule is CC(CC(=O)O)[C@H](N)C(=O)C(O)(CC(=O)O)C[N+](C)(C)C. The molecular formula is C13H25N2O6+. The lowest BCUT2D eigenvalue weighted by Gasteiger charge is -2.35. The number of ketones is 1. The summed E-state index contributed by atoms with van der Waals surface area (Å²) in [6.45, 7) is 1.34. The van der Waals surface area contributed by atoms with Crippen LogP contribution < -0.4 is 5.73 Å². The van der Waals surface area contributed by atoms with Crippen LogP contribution in [0.15, 0.2) is 0 Å². The topological polar surface area (TPSA) is 138 Å². The van der Waals surface area contributed by atoms with E-state index in [-0.39, 0.29) is 17.4 Å². The third-order valence-corrected chi connectivity index (χ3v) is 3.05. The van der Waals surface area contributed by atoms with Crippen molar-refractivity contribution < 1.29 is 34.2 Å². The van der Waals surface area contributed by atoms with E-state index >= 15 is 0 Å². The lowest BCUT2D eigenvalue weighted by molar-refractivity contribution is -0.875. The molecule has 0 bridgehead atoms. The van der Waals surface area contributed by atoms with Gasteiger partial charge in [0.2, 0.25) is 0 Å². The Bertz CT molecular complexity index is 417. The van der Waals surface area contributed by atoms with Gasteiger partial charge >= 0.3 is 11.9 Å². The van der Waals surface area contributed by atoms with Crippen molar-refractivity contribution in [2.75, 3.05) is 27.7 Å². The number of carboxylic acids is 2. The number of Topliss-reactive ketones (excluding diaryl/α,β-unsaturated/α-hetero) is 1. The van der Waals surface area contributed by atoms with Crippen molar-refractivity contribution in [1.82, 2.24) is 0 Å². The van der Waals surface area contributed by atoms with Crippen molar-refractivity contribution in [2.24, 2.45) is 11.7 Å². The second kappa shape index (κ2) is 6.97. The molecule has 0 aromatic heterocycles. The number of nitrogens with zero attached hydrogens (tertiary/aromatic N) is 1. The maximum absolute atomic E-state index is 12.4. The fourth-order valence-electron chi connectivity index (χ4n) is 2.23. The number of likely N-dealkylation sites (N-methyl/N-ethyl adjacent to an activating group) is 1. The number of hydrogen-bond donors (Lipinski definition) is 4. The third-order valence-electron chi connectivity index (χ3n) is 3.05. The summed E-state index contributed by atoms with van der Waals surface area (Å²) in [6.07, 6.45) is -1.10. The first-order chi connectivity index (χ1) is 9.28. The van der Waals surface area contributed by atoms with Crippen LogP contribution in [0, 0.1) is 5.92 Å². The zero-order valence-electron chi connectivity index (χ0n) is 12.9. The molecule has 3 atom stereocenters. The average Bonchev–Trinajstić information content (AvgIpc) is 2.21. The Morgan fingerprint density at radius 1 is 1.14 bits per heavy atom. The zero-order valence-corrected chi connectivity index (χ0v) is 12.9. The van der Waals surface area contributed by atoms with Crippen molar-refractivity contribution in [2.45, 2.75) is 31.4 Å². The molecule has 2 unspecified atom stereocenters. The molecule has 0 spiro atoms. The van der Waals surface area contributed by atoms with Gasteiger partial charge in [-0.1, -0.05) is 6.92 Å². The first kappa shape index (κ1) is 19.5. The van der Waals surface area contributed by atoms with Gasteiger partial charge in [0.15, 0.2) is 11.4 Å². The van der Waals surface area contributed by atoms with Crippen LogP contribution in [0.25, 0.3) is 0 Å². The highest BCUT2D eigenvalue weighted by Crippen LogP contribution is 2.21. The molecule has 0 radical (unpaired) electrons. The summed E-state index contributed by atoms with van der Waals surface area (Å²) >= 11 is 0. The first-order valence-electron chi connectivity index (χ1n) is 6.55. The molecule has 0 rings (SSSR count). The average molecular weight is 305 g/mol. The molecule has 0 aromatic rings. The smallest absolute Gasteiger partial charge is 0.306 e. The van der Waals surface area contributed by atoms with Crippen LogP contribution in [0.1, 0.15) is 19.8 Å². The molecule has 8 heteroatoms. The Morgan fingerprint density at radius 2 is 1.62 bits per heavy atom. The molecule has 0 heterocycles. The third kappa shape index (κ3) is 6.65. The molecule has 21 heavy (non-hydrogen) atoms. The number of quaternary nitrogens is 1. The van der Waals surface area contributed by atoms with Gasteiger partial charge in [-0.15, -0.1) is 0 Å². The van der Waals surface area contributed by atoms with Gasteiger partial charge in [0.25, 0.3) is 0 Å². The van der Waals surface area contributed by atoms with Gasteiger partial charge in [-0.05, 0) is 5.92 Å². The van der Waals surface area contributed by atoms with Crippen molar-refractivity contribution in [1.29, 1.82) is 0 Å². The van der Waals surface area contributed by atoms with Crippen LogP contribution in [-0.2, 0) is 14.4 Å². The molecule has 0 amide bonds. The Morgan fingerprint density at radius 3 is 1.95 bits per heavy atom. The lowest BCUT2D eigenvalue weighted by Crippen LogP contribution is -2.60. The van der Waals surface area contributed by atoms with Gasteiger partial charge in [-0.25, -0.2) is 0 Å². The minimum Gasteiger partial charge on any atom is -0.481 e.